The Morgan fingerprint density at radius 2 is 1.72 bits per heavy atom. The molecule has 0 spiro atoms. The fourth-order valence-corrected chi connectivity index (χ4v) is 2.01. The second-order valence-corrected chi connectivity index (χ2v) is 4.01. The van der Waals surface area contributed by atoms with Gasteiger partial charge in [0.2, 0.25) is 0 Å². The van der Waals surface area contributed by atoms with Gasteiger partial charge in [0, 0.05) is 5.56 Å². The zero-order valence-corrected chi connectivity index (χ0v) is 10.3. The summed E-state index contributed by atoms with van der Waals surface area (Å²) in [5.74, 6) is -0.582. The standard InChI is InChI=1S/C15H14O3/c1-10-6-3-4-7-11(10)12-8-5-9-13(15(16)17)14(12)18-2/h3-9H,1-2H3,(H,16,17). The summed E-state index contributed by atoms with van der Waals surface area (Å²) in [7, 11) is 1.49. The van der Waals surface area contributed by atoms with Crippen LogP contribution in [0.3, 0.4) is 0 Å². The number of methoxy groups -OCH3 is 1. The Kier molecular flexibility index (Phi) is 3.33. The molecule has 92 valence electrons. The average molecular weight is 242 g/mol. The molecule has 0 aliphatic heterocycles. The molecular weight excluding hydrogens is 228 g/mol. The number of hydrogen-bond donors (Lipinski definition) is 1. The third-order valence-corrected chi connectivity index (χ3v) is 2.88. The van der Waals surface area contributed by atoms with Gasteiger partial charge in [0.1, 0.15) is 11.3 Å². The summed E-state index contributed by atoms with van der Waals surface area (Å²) in [5.41, 5.74) is 3.05. The monoisotopic (exact) mass is 242 g/mol. The molecule has 0 aliphatic carbocycles. The van der Waals surface area contributed by atoms with Crippen LogP contribution < -0.4 is 4.74 Å². The molecule has 0 unspecified atom stereocenters. The minimum absolute atomic E-state index is 0.179. The van der Waals surface area contributed by atoms with Crippen LogP contribution >= 0.6 is 0 Å². The van der Waals surface area contributed by atoms with E-state index in [0.29, 0.717) is 5.75 Å². The Labute approximate surface area is 106 Å². The summed E-state index contributed by atoms with van der Waals surface area (Å²) in [6.07, 6.45) is 0. The topological polar surface area (TPSA) is 46.5 Å². The van der Waals surface area contributed by atoms with Crippen molar-refractivity contribution in [3.63, 3.8) is 0 Å². The number of aromatic carboxylic acids is 1. The quantitative estimate of drug-likeness (QED) is 0.897. The van der Waals surface area contributed by atoms with E-state index in [1.807, 2.05) is 37.3 Å². The highest BCUT2D eigenvalue weighted by atomic mass is 16.5. The van der Waals surface area contributed by atoms with Gasteiger partial charge in [-0.2, -0.15) is 0 Å². The second kappa shape index (κ2) is 4.92. The first-order valence-corrected chi connectivity index (χ1v) is 5.61. The molecule has 3 nitrogen and oxygen atoms in total. The largest absolute Gasteiger partial charge is 0.495 e. The van der Waals surface area contributed by atoms with E-state index < -0.39 is 5.97 Å². The number of carbonyl (C=O) groups is 1. The minimum Gasteiger partial charge on any atom is -0.495 e. The highest BCUT2D eigenvalue weighted by molar-refractivity contribution is 5.94. The zero-order valence-electron chi connectivity index (χ0n) is 10.3. The van der Waals surface area contributed by atoms with Crippen molar-refractivity contribution in [2.75, 3.05) is 7.11 Å². The number of rotatable bonds is 3. The van der Waals surface area contributed by atoms with Crippen LogP contribution in [-0.2, 0) is 0 Å². The lowest BCUT2D eigenvalue weighted by molar-refractivity contribution is 0.0693. The minimum atomic E-state index is -0.984. The summed E-state index contributed by atoms with van der Waals surface area (Å²) in [5, 5.41) is 9.16. The van der Waals surface area contributed by atoms with E-state index in [0.717, 1.165) is 16.7 Å². The Bertz CT molecular complexity index is 588. The Morgan fingerprint density at radius 1 is 1.06 bits per heavy atom. The maximum absolute atomic E-state index is 11.2. The Balaban J connectivity index is 2.69. The average Bonchev–Trinajstić information content (AvgIpc) is 2.38. The van der Waals surface area contributed by atoms with Crippen molar-refractivity contribution in [3.05, 3.63) is 53.6 Å². The lowest BCUT2D eigenvalue weighted by Crippen LogP contribution is -2.02. The van der Waals surface area contributed by atoms with Gasteiger partial charge >= 0.3 is 5.97 Å². The van der Waals surface area contributed by atoms with Crippen molar-refractivity contribution in [1.82, 2.24) is 0 Å². The fraction of sp³-hybridized carbons (Fsp3) is 0.133. The van der Waals surface area contributed by atoms with Crippen LogP contribution in [-0.4, -0.2) is 18.2 Å². The smallest absolute Gasteiger partial charge is 0.339 e. The lowest BCUT2D eigenvalue weighted by Gasteiger charge is -2.13. The molecule has 0 aliphatic rings. The summed E-state index contributed by atoms with van der Waals surface area (Å²) in [6.45, 7) is 1.99. The predicted octanol–water partition coefficient (Wildman–Crippen LogP) is 3.37. The normalized spacial score (nSPS) is 10.1. The molecule has 3 heteroatoms. The lowest BCUT2D eigenvalue weighted by atomic mass is 9.97. The number of para-hydroxylation sites is 1. The third kappa shape index (κ3) is 2.07. The van der Waals surface area contributed by atoms with Gasteiger partial charge in [0.05, 0.1) is 7.11 Å². The van der Waals surface area contributed by atoms with Crippen LogP contribution in [0.5, 0.6) is 5.75 Å². The summed E-state index contributed by atoms with van der Waals surface area (Å²) < 4.78 is 5.27. The van der Waals surface area contributed by atoms with Gasteiger partial charge in [0.15, 0.2) is 0 Å². The fourth-order valence-electron chi connectivity index (χ4n) is 2.01. The Hall–Kier alpha value is -2.29. The number of hydrogen-bond acceptors (Lipinski definition) is 2. The van der Waals surface area contributed by atoms with Crippen LogP contribution in [0.1, 0.15) is 15.9 Å². The molecule has 0 aromatic heterocycles. The molecule has 0 heterocycles. The molecule has 0 saturated heterocycles. The zero-order chi connectivity index (χ0) is 13.1. The SMILES string of the molecule is COc1c(C(=O)O)cccc1-c1ccccc1C. The van der Waals surface area contributed by atoms with Crippen molar-refractivity contribution in [2.45, 2.75) is 6.92 Å². The number of benzene rings is 2. The molecule has 18 heavy (non-hydrogen) atoms. The molecule has 2 rings (SSSR count). The maximum Gasteiger partial charge on any atom is 0.339 e. The van der Waals surface area contributed by atoms with E-state index in [4.69, 9.17) is 9.84 Å². The highest BCUT2D eigenvalue weighted by Gasteiger charge is 2.16. The number of carboxylic acid groups (broad SMARTS) is 1. The van der Waals surface area contributed by atoms with Crippen LogP contribution in [0.25, 0.3) is 11.1 Å². The first-order chi connectivity index (χ1) is 8.65. The number of aryl methyl sites for hydroxylation is 1. The van der Waals surface area contributed by atoms with Gasteiger partial charge < -0.3 is 9.84 Å². The second-order valence-electron chi connectivity index (χ2n) is 4.01. The van der Waals surface area contributed by atoms with Crippen molar-refractivity contribution in [3.8, 4) is 16.9 Å². The number of ether oxygens (including phenoxy) is 1. The maximum atomic E-state index is 11.2. The van der Waals surface area contributed by atoms with Crippen molar-refractivity contribution < 1.29 is 14.6 Å². The van der Waals surface area contributed by atoms with Gasteiger partial charge in [-0.3, -0.25) is 0 Å². The van der Waals surface area contributed by atoms with E-state index >= 15 is 0 Å². The third-order valence-electron chi connectivity index (χ3n) is 2.88. The summed E-state index contributed by atoms with van der Waals surface area (Å²) in [6, 6.07) is 13.0. The molecule has 0 saturated carbocycles. The molecule has 0 amide bonds. The molecule has 2 aromatic rings. The van der Waals surface area contributed by atoms with Gasteiger partial charge in [-0.1, -0.05) is 36.4 Å². The van der Waals surface area contributed by atoms with Gasteiger partial charge in [0.25, 0.3) is 0 Å². The van der Waals surface area contributed by atoms with E-state index in [1.165, 1.54) is 7.11 Å². The van der Waals surface area contributed by atoms with E-state index in [1.54, 1.807) is 12.1 Å². The molecule has 2 aromatic carbocycles. The van der Waals surface area contributed by atoms with Crippen molar-refractivity contribution >= 4 is 5.97 Å². The van der Waals surface area contributed by atoms with Crippen molar-refractivity contribution in [2.24, 2.45) is 0 Å². The number of carboxylic acids is 1. The van der Waals surface area contributed by atoms with E-state index in [9.17, 15) is 4.79 Å². The van der Waals surface area contributed by atoms with Gasteiger partial charge in [-0.25, -0.2) is 4.79 Å². The van der Waals surface area contributed by atoms with Crippen LogP contribution in [0.2, 0.25) is 0 Å². The molecular formula is C15H14O3. The van der Waals surface area contributed by atoms with Crippen LogP contribution in [0.4, 0.5) is 0 Å². The summed E-state index contributed by atoms with van der Waals surface area (Å²) >= 11 is 0. The highest BCUT2D eigenvalue weighted by Crippen LogP contribution is 2.34. The predicted molar refractivity (Wildman–Crippen MR) is 70.1 cm³/mol. The van der Waals surface area contributed by atoms with Gasteiger partial charge in [-0.05, 0) is 24.1 Å². The first-order valence-electron chi connectivity index (χ1n) is 5.61. The molecule has 0 fully saturated rings. The van der Waals surface area contributed by atoms with Crippen molar-refractivity contribution in [1.29, 1.82) is 0 Å². The molecule has 1 N–H and O–H groups in total. The van der Waals surface area contributed by atoms with Crippen LogP contribution in [0.15, 0.2) is 42.5 Å². The van der Waals surface area contributed by atoms with E-state index in [2.05, 4.69) is 0 Å². The van der Waals surface area contributed by atoms with Gasteiger partial charge in [-0.15, -0.1) is 0 Å². The Morgan fingerprint density at radius 3 is 2.33 bits per heavy atom. The summed E-state index contributed by atoms with van der Waals surface area (Å²) in [4.78, 5) is 11.2. The molecule has 0 bridgehead atoms. The van der Waals surface area contributed by atoms with Crippen LogP contribution in [0, 0.1) is 6.92 Å². The molecule has 0 atom stereocenters. The van der Waals surface area contributed by atoms with E-state index in [-0.39, 0.29) is 5.56 Å². The first kappa shape index (κ1) is 12.2. The molecule has 0 radical (unpaired) electrons.